The van der Waals surface area contributed by atoms with Crippen LogP contribution in [-0.4, -0.2) is 35.5 Å². The molecule has 9 heteroatoms. The number of furan rings is 1. The second-order valence-corrected chi connectivity index (χ2v) is 7.12. The molecule has 1 aliphatic rings. The molecular weight excluding hydrogens is 412 g/mol. The van der Waals surface area contributed by atoms with Crippen molar-refractivity contribution in [3.8, 4) is 11.5 Å². The number of barbiturate groups is 1. The Morgan fingerprint density at radius 2 is 2.03 bits per heavy atom. The van der Waals surface area contributed by atoms with Crippen molar-refractivity contribution in [3.63, 3.8) is 0 Å². The number of nitrogens with one attached hydrogen (secondary N) is 1. The summed E-state index contributed by atoms with van der Waals surface area (Å²) in [6.45, 7) is 5.80. The fourth-order valence-corrected chi connectivity index (χ4v) is 3.11. The van der Waals surface area contributed by atoms with Crippen molar-refractivity contribution in [3.05, 3.63) is 52.4 Å². The molecular formula is C21H21ClN2O6. The monoisotopic (exact) mass is 432 g/mol. The van der Waals surface area contributed by atoms with Crippen LogP contribution in [0.3, 0.4) is 0 Å². The highest BCUT2D eigenvalue weighted by Crippen LogP contribution is 2.38. The number of amides is 4. The largest absolute Gasteiger partial charge is 0.490 e. The second-order valence-electron chi connectivity index (χ2n) is 6.72. The Labute approximate surface area is 178 Å². The Balaban J connectivity index is 1.96. The number of benzene rings is 1. The predicted molar refractivity (Wildman–Crippen MR) is 109 cm³/mol. The minimum absolute atomic E-state index is 0.103. The van der Waals surface area contributed by atoms with Crippen molar-refractivity contribution >= 4 is 35.5 Å². The minimum Gasteiger partial charge on any atom is -0.490 e. The van der Waals surface area contributed by atoms with E-state index >= 15 is 0 Å². The van der Waals surface area contributed by atoms with Crippen LogP contribution in [0.1, 0.15) is 32.1 Å². The first kappa shape index (κ1) is 21.4. The fraction of sp³-hybridized carbons (Fsp3) is 0.286. The number of carbonyl (C=O) groups excluding carboxylic acids is 3. The lowest BCUT2D eigenvalue weighted by atomic mass is 10.1. The highest BCUT2D eigenvalue weighted by molar-refractivity contribution is 6.33. The molecule has 1 fully saturated rings. The molecule has 8 nitrogen and oxygen atoms in total. The quantitative estimate of drug-likeness (QED) is 0.528. The molecule has 0 saturated carbocycles. The molecule has 0 radical (unpaired) electrons. The highest BCUT2D eigenvalue weighted by atomic mass is 35.5. The van der Waals surface area contributed by atoms with Gasteiger partial charge in [-0.3, -0.25) is 19.8 Å². The van der Waals surface area contributed by atoms with Crippen LogP contribution in [0, 0.1) is 0 Å². The molecule has 0 unspecified atom stereocenters. The Morgan fingerprint density at radius 3 is 2.67 bits per heavy atom. The van der Waals surface area contributed by atoms with E-state index < -0.39 is 17.8 Å². The SMILES string of the molecule is CCOc1cc(/C=C2\C(=O)NC(=O)N(Cc3ccco3)C2=O)cc(Cl)c1OC(C)C. The summed E-state index contributed by atoms with van der Waals surface area (Å²) >= 11 is 6.35. The van der Waals surface area contributed by atoms with Crippen molar-refractivity contribution in [2.24, 2.45) is 0 Å². The molecule has 0 spiro atoms. The van der Waals surface area contributed by atoms with Crippen LogP contribution < -0.4 is 14.8 Å². The molecule has 1 aromatic carbocycles. The number of hydrogen-bond acceptors (Lipinski definition) is 6. The molecule has 2 heterocycles. The average Bonchev–Trinajstić information content (AvgIpc) is 3.18. The van der Waals surface area contributed by atoms with E-state index in [4.69, 9.17) is 25.5 Å². The van der Waals surface area contributed by atoms with Gasteiger partial charge in [0.15, 0.2) is 11.5 Å². The van der Waals surface area contributed by atoms with E-state index in [-0.39, 0.29) is 23.2 Å². The number of halogens is 1. The molecule has 1 saturated heterocycles. The highest BCUT2D eigenvalue weighted by Gasteiger charge is 2.36. The van der Waals surface area contributed by atoms with Gasteiger partial charge in [-0.25, -0.2) is 4.79 Å². The van der Waals surface area contributed by atoms with Crippen LogP contribution in [0.15, 0.2) is 40.5 Å². The molecule has 1 aliphatic heterocycles. The van der Waals surface area contributed by atoms with Gasteiger partial charge in [0, 0.05) is 0 Å². The van der Waals surface area contributed by atoms with Gasteiger partial charge in [0.25, 0.3) is 11.8 Å². The molecule has 0 aliphatic carbocycles. The van der Waals surface area contributed by atoms with E-state index in [1.807, 2.05) is 20.8 Å². The standard InChI is InChI=1S/C21H21ClN2O6/c1-4-28-17-10-13(9-16(22)18(17)30-12(2)3)8-15-19(25)23-21(27)24(20(15)26)11-14-6-5-7-29-14/h5-10,12H,4,11H2,1-3H3,(H,23,25,27)/b15-8+. The van der Waals surface area contributed by atoms with Crippen LogP contribution in [-0.2, 0) is 16.1 Å². The van der Waals surface area contributed by atoms with Crippen LogP contribution in [0.5, 0.6) is 11.5 Å². The summed E-state index contributed by atoms with van der Waals surface area (Å²) in [7, 11) is 0. The Kier molecular flexibility index (Phi) is 6.47. The van der Waals surface area contributed by atoms with Crippen LogP contribution in [0.25, 0.3) is 6.08 Å². The fourth-order valence-electron chi connectivity index (χ4n) is 2.85. The van der Waals surface area contributed by atoms with Crippen LogP contribution >= 0.6 is 11.6 Å². The van der Waals surface area contributed by atoms with Gasteiger partial charge in [-0.2, -0.15) is 0 Å². The van der Waals surface area contributed by atoms with E-state index in [0.29, 0.717) is 29.4 Å². The van der Waals surface area contributed by atoms with Crippen molar-refractivity contribution in [1.29, 1.82) is 0 Å². The number of carbonyl (C=O) groups is 3. The molecule has 1 N–H and O–H groups in total. The first-order valence-corrected chi connectivity index (χ1v) is 9.72. The summed E-state index contributed by atoms with van der Waals surface area (Å²) in [5, 5.41) is 2.43. The number of nitrogens with zero attached hydrogens (tertiary/aromatic N) is 1. The zero-order valence-electron chi connectivity index (χ0n) is 16.7. The maximum absolute atomic E-state index is 12.8. The minimum atomic E-state index is -0.813. The molecule has 2 aromatic rings. The van der Waals surface area contributed by atoms with Gasteiger partial charge in [0.2, 0.25) is 0 Å². The van der Waals surface area contributed by atoms with Crippen molar-refractivity contribution in [2.45, 2.75) is 33.4 Å². The Hall–Kier alpha value is -3.26. The normalized spacial score (nSPS) is 15.7. The third-order valence-corrected chi connectivity index (χ3v) is 4.36. The topological polar surface area (TPSA) is 98.1 Å². The summed E-state index contributed by atoms with van der Waals surface area (Å²) < 4.78 is 16.5. The average molecular weight is 433 g/mol. The first-order chi connectivity index (χ1) is 14.3. The van der Waals surface area contributed by atoms with E-state index in [1.165, 1.54) is 12.3 Å². The van der Waals surface area contributed by atoms with E-state index in [0.717, 1.165) is 4.90 Å². The third-order valence-electron chi connectivity index (χ3n) is 4.08. The maximum atomic E-state index is 12.8. The zero-order valence-corrected chi connectivity index (χ0v) is 17.5. The van der Waals surface area contributed by atoms with Crippen molar-refractivity contribution < 1.29 is 28.3 Å². The summed E-state index contributed by atoms with van der Waals surface area (Å²) in [5.41, 5.74) is 0.238. The lowest BCUT2D eigenvalue weighted by Gasteiger charge is -2.25. The van der Waals surface area contributed by atoms with Gasteiger partial charge in [0.05, 0.1) is 30.5 Å². The maximum Gasteiger partial charge on any atom is 0.331 e. The number of imide groups is 2. The van der Waals surface area contributed by atoms with Crippen LogP contribution in [0.2, 0.25) is 5.02 Å². The number of hydrogen-bond donors (Lipinski definition) is 1. The number of ether oxygens (including phenoxy) is 2. The molecule has 1 aromatic heterocycles. The van der Waals surface area contributed by atoms with Crippen molar-refractivity contribution in [1.82, 2.24) is 10.2 Å². The van der Waals surface area contributed by atoms with E-state index in [9.17, 15) is 14.4 Å². The van der Waals surface area contributed by atoms with Gasteiger partial charge in [-0.1, -0.05) is 11.6 Å². The van der Waals surface area contributed by atoms with Gasteiger partial charge < -0.3 is 13.9 Å². The predicted octanol–water partition coefficient (Wildman–Crippen LogP) is 3.78. The first-order valence-electron chi connectivity index (χ1n) is 9.34. The second kappa shape index (κ2) is 9.04. The van der Waals surface area contributed by atoms with Gasteiger partial charge in [-0.05, 0) is 56.7 Å². The van der Waals surface area contributed by atoms with Crippen molar-refractivity contribution in [2.75, 3.05) is 6.61 Å². The zero-order chi connectivity index (χ0) is 21.8. The van der Waals surface area contributed by atoms with Gasteiger partial charge in [-0.15, -0.1) is 0 Å². The summed E-state index contributed by atoms with van der Waals surface area (Å²) in [5.74, 6) is -0.361. The van der Waals surface area contributed by atoms with Crippen LogP contribution in [0.4, 0.5) is 4.79 Å². The molecule has 30 heavy (non-hydrogen) atoms. The molecule has 4 amide bonds. The molecule has 3 rings (SSSR count). The summed E-state index contributed by atoms with van der Waals surface area (Å²) in [6, 6.07) is 5.63. The van der Waals surface area contributed by atoms with Gasteiger partial charge >= 0.3 is 6.03 Å². The Morgan fingerprint density at radius 1 is 1.27 bits per heavy atom. The smallest absolute Gasteiger partial charge is 0.331 e. The molecule has 158 valence electrons. The molecule has 0 bridgehead atoms. The lowest BCUT2D eigenvalue weighted by Crippen LogP contribution is -2.53. The van der Waals surface area contributed by atoms with Gasteiger partial charge in [0.1, 0.15) is 11.3 Å². The van der Waals surface area contributed by atoms with E-state index in [1.54, 1.807) is 24.3 Å². The summed E-state index contributed by atoms with van der Waals surface area (Å²) in [6.07, 6.45) is 2.66. The number of urea groups is 1. The lowest BCUT2D eigenvalue weighted by molar-refractivity contribution is -0.130. The number of rotatable bonds is 7. The Bertz CT molecular complexity index is 997. The van der Waals surface area contributed by atoms with E-state index in [2.05, 4.69) is 5.32 Å². The third kappa shape index (κ3) is 4.65. The molecule has 0 atom stereocenters. The summed E-state index contributed by atoms with van der Waals surface area (Å²) in [4.78, 5) is 38.2.